The molecule has 0 unspecified atom stereocenters. The van der Waals surface area contributed by atoms with Crippen LogP contribution in [0.15, 0.2) is 22.6 Å². The molecule has 0 aliphatic carbocycles. The lowest BCUT2D eigenvalue weighted by Crippen LogP contribution is -2.33. The summed E-state index contributed by atoms with van der Waals surface area (Å²) < 4.78 is 5.43. The van der Waals surface area contributed by atoms with E-state index < -0.39 is 0 Å². The minimum atomic E-state index is -0.260. The van der Waals surface area contributed by atoms with Gasteiger partial charge in [0, 0.05) is 18.9 Å². The van der Waals surface area contributed by atoms with E-state index >= 15 is 0 Å². The van der Waals surface area contributed by atoms with Gasteiger partial charge in [-0.2, -0.15) is 5.10 Å². The molecule has 1 aromatic rings. The monoisotopic (exact) mass is 309 g/mol. The molecule has 0 saturated carbocycles. The molecule has 1 aliphatic rings. The van der Waals surface area contributed by atoms with E-state index in [-0.39, 0.29) is 24.3 Å². The zero-order valence-corrected chi connectivity index (χ0v) is 12.7. The van der Waals surface area contributed by atoms with Gasteiger partial charge in [-0.25, -0.2) is 5.43 Å². The fourth-order valence-corrected chi connectivity index (χ4v) is 2.59. The number of amides is 2. The number of carbonyl (C=O) groups is 2. The molecule has 1 atom stereocenters. The molecular formula is C14H19N3O3S. The van der Waals surface area contributed by atoms with Gasteiger partial charge in [-0.3, -0.25) is 9.59 Å². The van der Waals surface area contributed by atoms with Crippen molar-refractivity contribution in [3.63, 3.8) is 0 Å². The smallest absolute Gasteiger partial charge is 0.281 e. The summed E-state index contributed by atoms with van der Waals surface area (Å²) in [5.41, 5.74) is 3.00. The van der Waals surface area contributed by atoms with Gasteiger partial charge in [-0.15, -0.1) is 11.3 Å². The van der Waals surface area contributed by atoms with Crippen molar-refractivity contribution >= 4 is 28.9 Å². The number of nitrogens with zero attached hydrogens (tertiary/aromatic N) is 1. The van der Waals surface area contributed by atoms with Crippen molar-refractivity contribution < 1.29 is 14.3 Å². The Morgan fingerprint density at radius 2 is 2.38 bits per heavy atom. The Bertz CT molecular complexity index is 508. The minimum Gasteiger partial charge on any atom is -0.376 e. The van der Waals surface area contributed by atoms with Crippen LogP contribution in [0.5, 0.6) is 0 Å². The fourth-order valence-electron chi connectivity index (χ4n) is 1.98. The molecule has 0 spiro atoms. The molecule has 0 radical (unpaired) electrons. The Morgan fingerprint density at radius 1 is 1.52 bits per heavy atom. The van der Waals surface area contributed by atoms with Crippen molar-refractivity contribution in [3.8, 4) is 0 Å². The number of hydrogen-bond donors (Lipinski definition) is 2. The SMILES string of the molecule is C/C(CC(=O)NC[C@@H]1CCCO1)=N/NC(=O)c1cccs1. The lowest BCUT2D eigenvalue weighted by atomic mass is 10.2. The van der Waals surface area contributed by atoms with Gasteiger partial charge in [0.2, 0.25) is 5.91 Å². The van der Waals surface area contributed by atoms with Crippen LogP contribution in [0.1, 0.15) is 35.9 Å². The van der Waals surface area contributed by atoms with Crippen molar-refractivity contribution in [2.24, 2.45) is 5.10 Å². The van der Waals surface area contributed by atoms with Gasteiger partial charge in [0.05, 0.1) is 17.4 Å². The molecule has 0 aromatic carbocycles. The van der Waals surface area contributed by atoms with Crippen LogP contribution in [-0.4, -0.2) is 36.8 Å². The molecule has 2 rings (SSSR count). The highest BCUT2D eigenvalue weighted by atomic mass is 32.1. The summed E-state index contributed by atoms with van der Waals surface area (Å²) in [4.78, 5) is 24.0. The maximum Gasteiger partial charge on any atom is 0.281 e. The highest BCUT2D eigenvalue weighted by molar-refractivity contribution is 7.12. The summed E-state index contributed by atoms with van der Waals surface area (Å²) >= 11 is 1.34. The second-order valence-electron chi connectivity index (χ2n) is 4.88. The van der Waals surface area contributed by atoms with Crippen molar-refractivity contribution in [2.75, 3.05) is 13.2 Å². The summed E-state index contributed by atoms with van der Waals surface area (Å²) in [6, 6.07) is 3.52. The molecule has 6 nitrogen and oxygen atoms in total. The maximum absolute atomic E-state index is 11.7. The first kappa shape index (κ1) is 15.7. The number of rotatable bonds is 6. The minimum absolute atomic E-state index is 0.114. The summed E-state index contributed by atoms with van der Waals surface area (Å²) in [7, 11) is 0. The van der Waals surface area contributed by atoms with E-state index in [1.54, 1.807) is 19.1 Å². The summed E-state index contributed by atoms with van der Waals surface area (Å²) in [5, 5.41) is 8.57. The third kappa shape index (κ3) is 5.28. The number of nitrogens with one attached hydrogen (secondary N) is 2. The van der Waals surface area contributed by atoms with Crippen LogP contribution >= 0.6 is 11.3 Å². The lowest BCUT2D eigenvalue weighted by molar-refractivity contribution is -0.120. The quantitative estimate of drug-likeness (QED) is 0.618. The molecule has 114 valence electrons. The highest BCUT2D eigenvalue weighted by Crippen LogP contribution is 2.10. The van der Waals surface area contributed by atoms with Gasteiger partial charge in [0.25, 0.3) is 5.91 Å². The molecule has 2 amide bonds. The molecule has 1 aliphatic heterocycles. The Morgan fingerprint density at radius 3 is 3.05 bits per heavy atom. The summed E-state index contributed by atoms with van der Waals surface area (Å²) in [5.74, 6) is -0.374. The van der Waals surface area contributed by atoms with Crippen molar-refractivity contribution in [3.05, 3.63) is 22.4 Å². The Balaban J connectivity index is 1.69. The molecule has 2 N–H and O–H groups in total. The van der Waals surface area contributed by atoms with Crippen LogP contribution in [0.4, 0.5) is 0 Å². The number of carbonyl (C=O) groups excluding carboxylic acids is 2. The van der Waals surface area contributed by atoms with Gasteiger partial charge in [0.15, 0.2) is 0 Å². The number of hydrogen-bond acceptors (Lipinski definition) is 5. The molecular weight excluding hydrogens is 290 g/mol. The van der Waals surface area contributed by atoms with Crippen LogP contribution < -0.4 is 10.7 Å². The van der Waals surface area contributed by atoms with Crippen LogP contribution in [0.3, 0.4) is 0 Å². The lowest BCUT2D eigenvalue weighted by Gasteiger charge is -2.10. The molecule has 1 fully saturated rings. The Labute approximate surface area is 127 Å². The number of thiophene rings is 1. The van der Waals surface area contributed by atoms with Crippen LogP contribution in [0.2, 0.25) is 0 Å². The van der Waals surface area contributed by atoms with Crippen LogP contribution in [0.25, 0.3) is 0 Å². The van der Waals surface area contributed by atoms with Gasteiger partial charge in [-0.1, -0.05) is 6.07 Å². The van der Waals surface area contributed by atoms with Crippen molar-refractivity contribution in [1.82, 2.24) is 10.7 Å². The van der Waals surface area contributed by atoms with E-state index in [0.29, 0.717) is 17.1 Å². The zero-order chi connectivity index (χ0) is 15.1. The topological polar surface area (TPSA) is 79.8 Å². The fraction of sp³-hybridized carbons (Fsp3) is 0.500. The first-order valence-electron chi connectivity index (χ1n) is 6.90. The predicted octanol–water partition coefficient (Wildman–Crippen LogP) is 1.54. The standard InChI is InChI=1S/C14H19N3O3S/c1-10(16-17-14(19)12-5-3-7-21-12)8-13(18)15-9-11-4-2-6-20-11/h3,5,7,11H,2,4,6,8-9H2,1H3,(H,15,18)(H,17,19)/b16-10-/t11-/m0/s1. The molecule has 7 heteroatoms. The van der Waals surface area contributed by atoms with Crippen LogP contribution in [-0.2, 0) is 9.53 Å². The highest BCUT2D eigenvalue weighted by Gasteiger charge is 2.16. The first-order chi connectivity index (χ1) is 10.1. The third-order valence-corrected chi connectivity index (χ3v) is 3.93. The second kappa shape index (κ2) is 7.90. The van der Waals surface area contributed by atoms with E-state index in [1.165, 1.54) is 11.3 Å². The van der Waals surface area contributed by atoms with Gasteiger partial charge in [-0.05, 0) is 31.2 Å². The van der Waals surface area contributed by atoms with E-state index in [9.17, 15) is 9.59 Å². The largest absolute Gasteiger partial charge is 0.376 e. The first-order valence-corrected chi connectivity index (χ1v) is 7.78. The average Bonchev–Trinajstić information content (AvgIpc) is 3.15. The molecule has 0 bridgehead atoms. The molecule has 21 heavy (non-hydrogen) atoms. The normalized spacial score (nSPS) is 18.5. The van der Waals surface area contributed by atoms with E-state index in [4.69, 9.17) is 4.74 Å². The Kier molecular flexibility index (Phi) is 5.89. The zero-order valence-electron chi connectivity index (χ0n) is 11.9. The summed E-state index contributed by atoms with van der Waals surface area (Å²) in [6.45, 7) is 3.02. The maximum atomic E-state index is 11.7. The average molecular weight is 309 g/mol. The van der Waals surface area contributed by atoms with Crippen LogP contribution in [0, 0.1) is 0 Å². The molecule has 1 saturated heterocycles. The van der Waals surface area contributed by atoms with Gasteiger partial charge in [0.1, 0.15) is 0 Å². The number of hydrazone groups is 1. The number of ether oxygens (including phenoxy) is 1. The third-order valence-electron chi connectivity index (χ3n) is 3.06. The van der Waals surface area contributed by atoms with E-state index in [2.05, 4.69) is 15.8 Å². The van der Waals surface area contributed by atoms with E-state index in [1.807, 2.05) is 5.38 Å². The second-order valence-corrected chi connectivity index (χ2v) is 5.83. The van der Waals surface area contributed by atoms with Gasteiger partial charge >= 0.3 is 0 Å². The van der Waals surface area contributed by atoms with E-state index in [0.717, 1.165) is 19.4 Å². The van der Waals surface area contributed by atoms with Crippen molar-refractivity contribution in [2.45, 2.75) is 32.3 Å². The van der Waals surface area contributed by atoms with Crippen molar-refractivity contribution in [1.29, 1.82) is 0 Å². The predicted molar refractivity (Wildman–Crippen MR) is 81.5 cm³/mol. The van der Waals surface area contributed by atoms with Gasteiger partial charge < -0.3 is 10.1 Å². The summed E-state index contributed by atoms with van der Waals surface area (Å²) in [6.07, 6.45) is 2.34. The Hall–Kier alpha value is -1.73. The molecule has 2 heterocycles. The molecule has 1 aromatic heterocycles.